The highest BCUT2D eigenvalue weighted by molar-refractivity contribution is 7.89. The number of Topliss-reactive ketones (excluding diaryl/α,β-unsaturated/α-hetero) is 1. The zero-order valence-corrected chi connectivity index (χ0v) is 15.4. The molecule has 0 bridgehead atoms. The number of rotatable bonds is 2. The Kier molecular flexibility index (Phi) is 4.11. The Morgan fingerprint density at radius 1 is 1.19 bits per heavy atom. The zero-order chi connectivity index (χ0) is 18.4. The summed E-state index contributed by atoms with van der Waals surface area (Å²) in [6.07, 6.45) is 5.06. The second-order valence-electron chi connectivity index (χ2n) is 7.02. The predicted molar refractivity (Wildman–Crippen MR) is 94.6 cm³/mol. The van der Waals surface area contributed by atoms with E-state index in [0.717, 1.165) is 0 Å². The number of hydrogen-bond acceptors (Lipinski definition) is 5. The molecule has 1 fully saturated rings. The molecule has 0 saturated carbocycles. The minimum atomic E-state index is -3.63. The summed E-state index contributed by atoms with van der Waals surface area (Å²) in [6.45, 7) is 0.716. The van der Waals surface area contributed by atoms with E-state index < -0.39 is 15.6 Å². The monoisotopic (exact) mass is 375 g/mol. The topological polar surface area (TPSA) is 81.5 Å². The molecule has 1 saturated heterocycles. The van der Waals surface area contributed by atoms with Gasteiger partial charge in [-0.05, 0) is 25.0 Å². The van der Waals surface area contributed by atoms with Gasteiger partial charge < -0.3 is 9.30 Å². The van der Waals surface area contributed by atoms with Gasteiger partial charge in [0, 0.05) is 32.8 Å². The van der Waals surface area contributed by atoms with Crippen molar-refractivity contribution in [2.24, 2.45) is 7.05 Å². The molecule has 2 aromatic rings. The van der Waals surface area contributed by atoms with Crippen LogP contribution in [0.3, 0.4) is 0 Å². The van der Waals surface area contributed by atoms with Crippen LogP contribution in [0, 0.1) is 0 Å². The van der Waals surface area contributed by atoms with Crippen molar-refractivity contribution >= 4 is 15.8 Å². The van der Waals surface area contributed by atoms with Crippen molar-refractivity contribution in [2.45, 2.75) is 36.3 Å². The van der Waals surface area contributed by atoms with Crippen molar-refractivity contribution in [3.05, 3.63) is 42.4 Å². The van der Waals surface area contributed by atoms with Crippen LogP contribution in [0.2, 0.25) is 0 Å². The minimum absolute atomic E-state index is 0.0573. The molecular formula is C18H21N3O4S. The molecule has 2 aliphatic heterocycles. The first-order valence-electron chi connectivity index (χ1n) is 8.69. The van der Waals surface area contributed by atoms with E-state index in [2.05, 4.69) is 4.98 Å². The number of ether oxygens (including phenoxy) is 1. The van der Waals surface area contributed by atoms with E-state index in [0.29, 0.717) is 50.1 Å². The van der Waals surface area contributed by atoms with Crippen LogP contribution in [0.25, 0.3) is 0 Å². The minimum Gasteiger partial charge on any atom is -0.486 e. The first-order valence-corrected chi connectivity index (χ1v) is 10.1. The largest absolute Gasteiger partial charge is 0.486 e. The Hall–Kier alpha value is -2.19. The number of aromatic nitrogens is 2. The fourth-order valence-corrected chi connectivity index (χ4v) is 5.20. The van der Waals surface area contributed by atoms with Gasteiger partial charge in [-0.3, -0.25) is 4.79 Å². The molecule has 4 rings (SSSR count). The van der Waals surface area contributed by atoms with Crippen molar-refractivity contribution in [1.82, 2.24) is 13.9 Å². The van der Waals surface area contributed by atoms with Gasteiger partial charge in [0.2, 0.25) is 0 Å². The zero-order valence-electron chi connectivity index (χ0n) is 14.6. The number of carbonyl (C=O) groups excluding carboxylic acids is 1. The number of hydrogen-bond donors (Lipinski definition) is 0. The summed E-state index contributed by atoms with van der Waals surface area (Å²) in [7, 11) is -1.89. The van der Waals surface area contributed by atoms with E-state index in [9.17, 15) is 13.2 Å². The quantitative estimate of drug-likeness (QED) is 0.802. The third-order valence-electron chi connectivity index (χ3n) is 5.14. The van der Waals surface area contributed by atoms with Crippen LogP contribution in [-0.2, 0) is 17.1 Å². The number of aryl methyl sites for hydroxylation is 1. The summed E-state index contributed by atoms with van der Waals surface area (Å²) >= 11 is 0. The molecule has 1 aromatic carbocycles. The van der Waals surface area contributed by atoms with E-state index in [1.807, 2.05) is 12.1 Å². The number of ketones is 1. The third kappa shape index (κ3) is 2.93. The lowest BCUT2D eigenvalue weighted by Gasteiger charge is -2.37. The number of benzene rings is 1. The van der Waals surface area contributed by atoms with E-state index in [1.54, 1.807) is 23.7 Å². The van der Waals surface area contributed by atoms with E-state index >= 15 is 0 Å². The summed E-state index contributed by atoms with van der Waals surface area (Å²) in [5.41, 5.74) is -0.0138. The van der Waals surface area contributed by atoms with E-state index in [4.69, 9.17) is 4.74 Å². The lowest BCUT2D eigenvalue weighted by molar-refractivity contribution is 0.0312. The van der Waals surface area contributed by atoms with Crippen LogP contribution < -0.4 is 4.74 Å². The number of sulfonamides is 1. The average Bonchev–Trinajstić information content (AvgIpc) is 2.95. The molecule has 26 heavy (non-hydrogen) atoms. The highest BCUT2D eigenvalue weighted by Crippen LogP contribution is 2.39. The summed E-state index contributed by atoms with van der Waals surface area (Å²) in [4.78, 5) is 16.5. The molecule has 1 aromatic heterocycles. The van der Waals surface area contributed by atoms with Crippen LogP contribution in [0.1, 0.15) is 36.0 Å². The van der Waals surface area contributed by atoms with Gasteiger partial charge in [0.1, 0.15) is 11.4 Å². The fourth-order valence-electron chi connectivity index (χ4n) is 3.76. The molecule has 1 atom stereocenters. The molecule has 0 N–H and O–H groups in total. The van der Waals surface area contributed by atoms with E-state index in [1.165, 1.54) is 16.8 Å². The Morgan fingerprint density at radius 3 is 2.77 bits per heavy atom. The van der Waals surface area contributed by atoms with Crippen LogP contribution in [0.15, 0.2) is 41.8 Å². The second kappa shape index (κ2) is 6.21. The van der Waals surface area contributed by atoms with Crippen LogP contribution in [0.5, 0.6) is 5.75 Å². The SMILES string of the molecule is Cn1cnc(S(=O)(=O)N2CCCC3(CC2)CC(=O)c2ccccc2O3)c1. The van der Waals surface area contributed by atoms with Crippen molar-refractivity contribution < 1.29 is 17.9 Å². The molecule has 0 radical (unpaired) electrons. The molecule has 3 heterocycles. The average molecular weight is 375 g/mol. The van der Waals surface area contributed by atoms with Gasteiger partial charge in [-0.1, -0.05) is 12.1 Å². The molecule has 0 aliphatic carbocycles. The standard InChI is InChI=1S/C18H21N3O4S/c1-20-12-17(19-13-20)26(23,24)21-9-4-7-18(8-10-21)11-15(22)14-5-2-3-6-16(14)25-18/h2-3,5-6,12-13H,4,7-11H2,1H3. The molecule has 0 amide bonds. The lowest BCUT2D eigenvalue weighted by atomic mass is 9.84. The number of fused-ring (bicyclic) bond motifs is 1. The molecule has 2 aliphatic rings. The maximum Gasteiger partial charge on any atom is 0.262 e. The van der Waals surface area contributed by atoms with Crippen molar-refractivity contribution in [1.29, 1.82) is 0 Å². The van der Waals surface area contributed by atoms with Crippen LogP contribution in [-0.4, -0.2) is 46.7 Å². The lowest BCUT2D eigenvalue weighted by Crippen LogP contribution is -2.43. The summed E-state index contributed by atoms with van der Waals surface area (Å²) in [5, 5.41) is 0.0573. The van der Waals surface area contributed by atoms with Gasteiger partial charge in [-0.2, -0.15) is 4.31 Å². The third-order valence-corrected chi connectivity index (χ3v) is 6.92. The molecular weight excluding hydrogens is 354 g/mol. The molecule has 1 unspecified atom stereocenters. The Labute approximate surface area is 152 Å². The number of nitrogens with zero attached hydrogens (tertiary/aromatic N) is 3. The van der Waals surface area contributed by atoms with Gasteiger partial charge in [0.05, 0.1) is 18.3 Å². The normalized spacial score (nSPS) is 24.1. The summed E-state index contributed by atoms with van der Waals surface area (Å²) in [5.74, 6) is 0.665. The number of imidazole rings is 1. The van der Waals surface area contributed by atoms with Crippen LogP contribution >= 0.6 is 0 Å². The van der Waals surface area contributed by atoms with Gasteiger partial charge >= 0.3 is 0 Å². The highest BCUT2D eigenvalue weighted by Gasteiger charge is 2.43. The van der Waals surface area contributed by atoms with Crippen LogP contribution in [0.4, 0.5) is 0 Å². The van der Waals surface area contributed by atoms with Crippen molar-refractivity contribution in [3.63, 3.8) is 0 Å². The van der Waals surface area contributed by atoms with Gasteiger partial charge in [0.25, 0.3) is 10.0 Å². The first kappa shape index (κ1) is 17.2. The number of carbonyl (C=O) groups is 1. The van der Waals surface area contributed by atoms with E-state index in [-0.39, 0.29) is 10.8 Å². The number of para-hydroxylation sites is 1. The van der Waals surface area contributed by atoms with Crippen molar-refractivity contribution in [3.8, 4) is 5.75 Å². The van der Waals surface area contributed by atoms with Crippen molar-refractivity contribution in [2.75, 3.05) is 13.1 Å². The maximum atomic E-state index is 12.8. The van der Waals surface area contributed by atoms with Gasteiger partial charge in [-0.15, -0.1) is 0 Å². The second-order valence-corrected chi connectivity index (χ2v) is 8.90. The molecule has 7 nitrogen and oxygen atoms in total. The maximum absolute atomic E-state index is 12.8. The summed E-state index contributed by atoms with van der Waals surface area (Å²) in [6, 6.07) is 7.26. The Balaban J connectivity index is 1.57. The van der Waals surface area contributed by atoms with Gasteiger partial charge in [-0.25, -0.2) is 13.4 Å². The Bertz CT molecular complexity index is 953. The molecule has 138 valence electrons. The smallest absolute Gasteiger partial charge is 0.262 e. The van der Waals surface area contributed by atoms with Gasteiger partial charge in [0.15, 0.2) is 10.8 Å². The highest BCUT2D eigenvalue weighted by atomic mass is 32.2. The predicted octanol–water partition coefficient (Wildman–Crippen LogP) is 2.00. The summed E-state index contributed by atoms with van der Waals surface area (Å²) < 4.78 is 35.0. The first-order chi connectivity index (χ1) is 12.4. The Morgan fingerprint density at radius 2 is 2.00 bits per heavy atom. The molecule has 1 spiro atoms. The fraction of sp³-hybridized carbons (Fsp3) is 0.444. The molecule has 8 heteroatoms.